The number of nitrogens with two attached hydrogens (primary N) is 1. The van der Waals surface area contributed by atoms with Crippen molar-refractivity contribution in [1.29, 1.82) is 0 Å². The van der Waals surface area contributed by atoms with Crippen LogP contribution in [0.3, 0.4) is 0 Å². The van der Waals surface area contributed by atoms with Crippen LogP contribution in [0.5, 0.6) is 0 Å². The van der Waals surface area contributed by atoms with Gasteiger partial charge in [-0.05, 0) is 39.9 Å². The van der Waals surface area contributed by atoms with Gasteiger partial charge in [0.05, 0.1) is 0 Å². The van der Waals surface area contributed by atoms with Gasteiger partial charge in [-0.2, -0.15) is 0 Å². The minimum atomic E-state index is -0.480. The summed E-state index contributed by atoms with van der Waals surface area (Å²) in [6.07, 6.45) is 3.15. The molecule has 0 aliphatic carbocycles. The maximum absolute atomic E-state index is 11.9. The third kappa shape index (κ3) is 2.32. The molecular formula is C12H24N4O. The van der Waals surface area contributed by atoms with Crippen LogP contribution in [0.4, 0.5) is 0 Å². The van der Waals surface area contributed by atoms with Gasteiger partial charge in [-0.15, -0.1) is 0 Å². The van der Waals surface area contributed by atoms with Crippen LogP contribution in [-0.2, 0) is 4.79 Å². The number of primary amides is 1. The third-order valence-corrected chi connectivity index (χ3v) is 4.17. The van der Waals surface area contributed by atoms with Crippen LogP contribution >= 0.6 is 0 Å². The van der Waals surface area contributed by atoms with Crippen molar-refractivity contribution < 1.29 is 4.79 Å². The predicted molar refractivity (Wildman–Crippen MR) is 67.7 cm³/mol. The fourth-order valence-electron chi connectivity index (χ4n) is 3.22. The van der Waals surface area contributed by atoms with Crippen LogP contribution < -0.4 is 11.1 Å². The van der Waals surface area contributed by atoms with Crippen LogP contribution in [-0.4, -0.2) is 67.6 Å². The Kier molecular flexibility index (Phi) is 3.70. The highest BCUT2D eigenvalue weighted by Crippen LogP contribution is 2.35. The monoisotopic (exact) mass is 240 g/mol. The van der Waals surface area contributed by atoms with Crippen LogP contribution in [0.25, 0.3) is 0 Å². The smallest absolute Gasteiger partial charge is 0.239 e. The maximum atomic E-state index is 11.9. The second kappa shape index (κ2) is 4.92. The normalized spacial score (nSPS) is 33.2. The largest absolute Gasteiger partial charge is 0.368 e. The molecule has 2 fully saturated rings. The average Bonchev–Trinajstić information content (AvgIpc) is 2.80. The number of hydrogen-bond donors (Lipinski definition) is 2. The van der Waals surface area contributed by atoms with Gasteiger partial charge in [-0.3, -0.25) is 9.69 Å². The van der Waals surface area contributed by atoms with Crippen molar-refractivity contribution in [1.82, 2.24) is 15.1 Å². The van der Waals surface area contributed by atoms with Gasteiger partial charge in [0.15, 0.2) is 0 Å². The summed E-state index contributed by atoms with van der Waals surface area (Å²) in [5.41, 5.74) is 5.18. The molecule has 2 saturated heterocycles. The standard InChI is InChI=1S/C12H24N4O/c1-15(2)9-6-14-12(11(13)17)5-8-16-7-3-4-10(12)16/h10,14H,3-9H2,1-2H3,(H2,13,17). The first-order valence-electron chi connectivity index (χ1n) is 6.50. The van der Waals surface area contributed by atoms with E-state index in [2.05, 4.69) is 15.1 Å². The molecule has 3 N–H and O–H groups in total. The minimum Gasteiger partial charge on any atom is -0.368 e. The first-order valence-corrected chi connectivity index (χ1v) is 6.50. The van der Waals surface area contributed by atoms with E-state index in [9.17, 15) is 4.79 Å². The molecule has 2 atom stereocenters. The van der Waals surface area contributed by atoms with E-state index in [4.69, 9.17) is 5.73 Å². The second-order valence-electron chi connectivity index (χ2n) is 5.51. The Labute approximate surface area is 103 Å². The Bertz CT molecular complexity index is 294. The summed E-state index contributed by atoms with van der Waals surface area (Å²) < 4.78 is 0. The quantitative estimate of drug-likeness (QED) is 0.662. The first-order chi connectivity index (χ1) is 8.06. The molecule has 5 heteroatoms. The molecule has 2 aliphatic heterocycles. The second-order valence-corrected chi connectivity index (χ2v) is 5.51. The Morgan fingerprint density at radius 3 is 2.94 bits per heavy atom. The van der Waals surface area contributed by atoms with Crippen LogP contribution in [0.1, 0.15) is 19.3 Å². The number of hydrogen-bond acceptors (Lipinski definition) is 4. The lowest BCUT2D eigenvalue weighted by Crippen LogP contribution is -2.62. The van der Waals surface area contributed by atoms with Gasteiger partial charge >= 0.3 is 0 Å². The van der Waals surface area contributed by atoms with Crippen molar-refractivity contribution in [3.05, 3.63) is 0 Å². The van der Waals surface area contributed by atoms with Crippen molar-refractivity contribution in [2.45, 2.75) is 30.8 Å². The number of fused-ring (bicyclic) bond motifs is 1. The molecule has 0 aromatic carbocycles. The highest BCUT2D eigenvalue weighted by molar-refractivity contribution is 5.86. The van der Waals surface area contributed by atoms with E-state index in [0.29, 0.717) is 6.04 Å². The van der Waals surface area contributed by atoms with Crippen molar-refractivity contribution in [3.63, 3.8) is 0 Å². The summed E-state index contributed by atoms with van der Waals surface area (Å²) in [7, 11) is 4.07. The van der Waals surface area contributed by atoms with Gasteiger partial charge in [0.2, 0.25) is 5.91 Å². The van der Waals surface area contributed by atoms with Gasteiger partial charge in [0.1, 0.15) is 5.54 Å². The van der Waals surface area contributed by atoms with Crippen molar-refractivity contribution in [3.8, 4) is 0 Å². The summed E-state index contributed by atoms with van der Waals surface area (Å²) in [6, 6.07) is 0.321. The topological polar surface area (TPSA) is 61.6 Å². The predicted octanol–water partition coefficient (Wildman–Crippen LogP) is -0.770. The molecule has 98 valence electrons. The highest BCUT2D eigenvalue weighted by Gasteiger charge is 2.52. The summed E-state index contributed by atoms with van der Waals surface area (Å²) >= 11 is 0. The van der Waals surface area contributed by atoms with E-state index in [1.807, 2.05) is 14.1 Å². The SMILES string of the molecule is CN(C)CCNC1(C(N)=O)CCN2CCCC21. The van der Waals surface area contributed by atoms with E-state index in [1.165, 1.54) is 6.42 Å². The van der Waals surface area contributed by atoms with Crippen molar-refractivity contribution in [2.24, 2.45) is 5.73 Å². The van der Waals surface area contributed by atoms with E-state index in [-0.39, 0.29) is 5.91 Å². The molecule has 0 aromatic rings. The zero-order chi connectivity index (χ0) is 12.5. The van der Waals surface area contributed by atoms with Crippen molar-refractivity contribution in [2.75, 3.05) is 40.3 Å². The van der Waals surface area contributed by atoms with Gasteiger partial charge in [0.25, 0.3) is 0 Å². The average molecular weight is 240 g/mol. The lowest BCUT2D eigenvalue weighted by Gasteiger charge is -2.33. The molecule has 17 heavy (non-hydrogen) atoms. The molecule has 1 amide bonds. The zero-order valence-corrected chi connectivity index (χ0v) is 10.9. The molecule has 0 radical (unpaired) electrons. The lowest BCUT2D eigenvalue weighted by atomic mass is 9.87. The molecule has 2 rings (SSSR count). The number of carbonyl (C=O) groups excluding carboxylic acids is 1. The highest BCUT2D eigenvalue weighted by atomic mass is 16.1. The maximum Gasteiger partial charge on any atom is 0.239 e. The molecule has 2 aliphatic rings. The number of rotatable bonds is 5. The Hall–Kier alpha value is -0.650. The summed E-state index contributed by atoms with van der Waals surface area (Å²) in [5, 5.41) is 3.44. The number of likely N-dealkylation sites (N-methyl/N-ethyl adjacent to an activating group) is 1. The summed E-state index contributed by atoms with van der Waals surface area (Å²) in [4.78, 5) is 16.4. The van der Waals surface area contributed by atoms with Gasteiger partial charge in [-0.1, -0.05) is 0 Å². The Morgan fingerprint density at radius 2 is 2.29 bits per heavy atom. The molecule has 0 aromatic heterocycles. The van der Waals surface area contributed by atoms with Gasteiger partial charge < -0.3 is 16.0 Å². The van der Waals surface area contributed by atoms with Gasteiger partial charge in [0, 0.05) is 25.7 Å². The first kappa shape index (κ1) is 12.8. The van der Waals surface area contributed by atoms with Crippen LogP contribution in [0, 0.1) is 0 Å². The number of nitrogens with one attached hydrogen (secondary N) is 1. The van der Waals surface area contributed by atoms with Gasteiger partial charge in [-0.25, -0.2) is 0 Å². The fourth-order valence-corrected chi connectivity index (χ4v) is 3.22. The Balaban J connectivity index is 2.02. The van der Waals surface area contributed by atoms with Crippen LogP contribution in [0.2, 0.25) is 0 Å². The number of carbonyl (C=O) groups is 1. The number of amides is 1. The molecular weight excluding hydrogens is 216 g/mol. The Morgan fingerprint density at radius 1 is 1.53 bits per heavy atom. The van der Waals surface area contributed by atoms with Crippen molar-refractivity contribution >= 4 is 5.91 Å². The van der Waals surface area contributed by atoms with E-state index in [0.717, 1.165) is 39.0 Å². The third-order valence-electron chi connectivity index (χ3n) is 4.17. The molecule has 0 spiro atoms. The molecule has 0 saturated carbocycles. The van der Waals surface area contributed by atoms with E-state index in [1.54, 1.807) is 0 Å². The van der Waals surface area contributed by atoms with Crippen LogP contribution in [0.15, 0.2) is 0 Å². The summed E-state index contributed by atoms with van der Waals surface area (Å²) in [6.45, 7) is 3.87. The minimum absolute atomic E-state index is 0.175. The molecule has 2 unspecified atom stereocenters. The summed E-state index contributed by atoms with van der Waals surface area (Å²) in [5.74, 6) is -0.175. The molecule has 2 heterocycles. The lowest BCUT2D eigenvalue weighted by molar-refractivity contribution is -0.125. The molecule has 0 bridgehead atoms. The van der Waals surface area contributed by atoms with E-state index < -0.39 is 5.54 Å². The van der Waals surface area contributed by atoms with E-state index >= 15 is 0 Å². The zero-order valence-electron chi connectivity index (χ0n) is 10.9. The number of nitrogens with zero attached hydrogens (tertiary/aromatic N) is 2. The molecule has 5 nitrogen and oxygen atoms in total. The fraction of sp³-hybridized carbons (Fsp3) is 0.917.